The lowest BCUT2D eigenvalue weighted by Crippen LogP contribution is -2.17. The van der Waals surface area contributed by atoms with E-state index in [9.17, 15) is 18.0 Å². The number of para-hydroxylation sites is 1. The summed E-state index contributed by atoms with van der Waals surface area (Å²) >= 11 is 0. The monoisotopic (exact) mass is 472 g/mol. The molecule has 0 aliphatic carbocycles. The van der Waals surface area contributed by atoms with Crippen molar-refractivity contribution in [1.29, 1.82) is 0 Å². The molecule has 0 aliphatic rings. The molecule has 9 heteroatoms. The number of hydrogen-bond donors (Lipinski definition) is 0. The summed E-state index contributed by atoms with van der Waals surface area (Å²) < 4.78 is 49.8. The highest BCUT2D eigenvalue weighted by atomic mass is 19.4. The molecule has 0 unspecified atom stereocenters. The van der Waals surface area contributed by atoms with Gasteiger partial charge < -0.3 is 13.9 Å². The van der Waals surface area contributed by atoms with Crippen LogP contribution in [0.2, 0.25) is 0 Å². The Kier molecular flexibility index (Phi) is 6.38. The van der Waals surface area contributed by atoms with Crippen LogP contribution in [0.1, 0.15) is 49.8 Å². The zero-order valence-corrected chi connectivity index (χ0v) is 19.6. The molecule has 0 amide bonds. The molecule has 180 valence electrons. The molecule has 34 heavy (non-hydrogen) atoms. The smallest absolute Gasteiger partial charge is 0.449 e. The zero-order valence-electron chi connectivity index (χ0n) is 19.6. The fourth-order valence-corrected chi connectivity index (χ4v) is 4.25. The normalized spacial score (nSPS) is 12.2. The Balaban J connectivity index is 2.02. The molecule has 0 fully saturated rings. The highest BCUT2D eigenvalue weighted by Crippen LogP contribution is 2.37. The Morgan fingerprint density at radius 2 is 1.85 bits per heavy atom. The van der Waals surface area contributed by atoms with Crippen LogP contribution in [0.5, 0.6) is 0 Å². The molecule has 4 aromatic rings. The van der Waals surface area contributed by atoms with E-state index in [1.165, 1.54) is 11.7 Å². The molecular formula is C25H27F3N4O2. The third kappa shape index (κ3) is 4.26. The van der Waals surface area contributed by atoms with Gasteiger partial charge in [-0.15, -0.1) is 0 Å². The van der Waals surface area contributed by atoms with E-state index in [1.807, 2.05) is 18.4 Å². The van der Waals surface area contributed by atoms with Crippen molar-refractivity contribution >= 4 is 28.0 Å². The molecule has 0 saturated heterocycles. The van der Waals surface area contributed by atoms with Gasteiger partial charge in [0, 0.05) is 18.7 Å². The van der Waals surface area contributed by atoms with E-state index >= 15 is 0 Å². The summed E-state index contributed by atoms with van der Waals surface area (Å²) in [6.07, 6.45) is -2.78. The quantitative estimate of drug-likeness (QED) is 0.296. The van der Waals surface area contributed by atoms with E-state index in [0.717, 1.165) is 18.4 Å². The van der Waals surface area contributed by atoms with Gasteiger partial charge in [0.2, 0.25) is 5.82 Å². The van der Waals surface area contributed by atoms with Gasteiger partial charge in [-0.2, -0.15) is 13.2 Å². The van der Waals surface area contributed by atoms with Crippen LogP contribution >= 0.6 is 0 Å². The van der Waals surface area contributed by atoms with Crippen LogP contribution < -0.4 is 0 Å². The number of alkyl halides is 3. The van der Waals surface area contributed by atoms with Gasteiger partial charge in [0.15, 0.2) is 0 Å². The van der Waals surface area contributed by atoms with Crippen LogP contribution in [0, 0.1) is 5.92 Å². The molecule has 0 radical (unpaired) electrons. The molecule has 0 spiro atoms. The Morgan fingerprint density at radius 3 is 2.50 bits per heavy atom. The van der Waals surface area contributed by atoms with Gasteiger partial charge in [0.1, 0.15) is 5.82 Å². The lowest BCUT2D eigenvalue weighted by molar-refractivity contribution is -0.147. The highest BCUT2D eigenvalue weighted by molar-refractivity contribution is 5.96. The predicted molar refractivity (Wildman–Crippen MR) is 125 cm³/mol. The molecule has 2 aromatic heterocycles. The number of aromatic nitrogens is 4. The lowest BCUT2D eigenvalue weighted by Gasteiger charge is -2.16. The van der Waals surface area contributed by atoms with Crippen LogP contribution in [0.3, 0.4) is 0 Å². The third-order valence-electron chi connectivity index (χ3n) is 5.71. The average molecular weight is 473 g/mol. The number of benzene rings is 2. The Labute approximate surface area is 195 Å². The lowest BCUT2D eigenvalue weighted by atomic mass is 10.1. The highest BCUT2D eigenvalue weighted by Gasteiger charge is 2.38. The van der Waals surface area contributed by atoms with Gasteiger partial charge >= 0.3 is 12.1 Å². The van der Waals surface area contributed by atoms with Gasteiger partial charge in [-0.25, -0.2) is 14.8 Å². The van der Waals surface area contributed by atoms with Crippen molar-refractivity contribution in [3.8, 4) is 11.4 Å². The second-order valence-electron chi connectivity index (χ2n) is 8.75. The first-order chi connectivity index (χ1) is 16.2. The van der Waals surface area contributed by atoms with Crippen LogP contribution in [-0.2, 0) is 24.0 Å². The summed E-state index contributed by atoms with van der Waals surface area (Å²) in [5.74, 6) is -0.853. The van der Waals surface area contributed by atoms with Crippen molar-refractivity contribution in [2.45, 2.75) is 52.9 Å². The number of hydrogen-bond acceptors (Lipinski definition) is 4. The predicted octanol–water partition coefficient (Wildman–Crippen LogP) is 6.31. The van der Waals surface area contributed by atoms with Gasteiger partial charge in [-0.1, -0.05) is 33.3 Å². The van der Waals surface area contributed by atoms with Crippen LogP contribution in [0.25, 0.3) is 33.5 Å². The standard InChI is InChI=1S/C25H27F3N4O2/c1-5-6-12-31-20-11-10-16(23(33)34-4)13-19(20)29-22(31)17-8-7-9-18-21(17)32(14-15(2)3)24(30-18)25(26,27)28/h7-11,13,15H,5-6,12,14H2,1-4H3. The van der Waals surface area contributed by atoms with Gasteiger partial charge in [0.05, 0.1) is 34.7 Å². The number of unbranched alkanes of at least 4 members (excludes halogenated alkanes) is 1. The largest absolute Gasteiger partial charge is 0.465 e. The molecule has 2 aromatic carbocycles. The second-order valence-corrected chi connectivity index (χ2v) is 8.75. The van der Waals surface area contributed by atoms with Crippen molar-refractivity contribution in [3.05, 3.63) is 47.8 Å². The molecular weight excluding hydrogens is 445 g/mol. The Bertz CT molecular complexity index is 1350. The summed E-state index contributed by atoms with van der Waals surface area (Å²) in [6, 6.07) is 10.2. The Hall–Kier alpha value is -3.36. The Morgan fingerprint density at radius 1 is 1.09 bits per heavy atom. The summed E-state index contributed by atoms with van der Waals surface area (Å²) in [7, 11) is 1.31. The van der Waals surface area contributed by atoms with E-state index in [1.54, 1.807) is 36.4 Å². The fourth-order valence-electron chi connectivity index (χ4n) is 4.25. The van der Waals surface area contributed by atoms with Crippen molar-refractivity contribution in [2.75, 3.05) is 7.11 Å². The number of esters is 1. The maximum atomic E-state index is 13.9. The van der Waals surface area contributed by atoms with Crippen molar-refractivity contribution < 1.29 is 22.7 Å². The number of carbonyl (C=O) groups is 1. The van der Waals surface area contributed by atoms with Gasteiger partial charge in [0.25, 0.3) is 0 Å². The first kappa shape index (κ1) is 23.8. The average Bonchev–Trinajstić information content (AvgIpc) is 3.34. The minimum Gasteiger partial charge on any atom is -0.465 e. The van der Waals surface area contributed by atoms with Gasteiger partial charge in [-0.05, 0) is 42.7 Å². The number of methoxy groups -OCH3 is 1. The number of halogens is 3. The molecule has 4 rings (SSSR count). The van der Waals surface area contributed by atoms with Gasteiger partial charge in [-0.3, -0.25) is 0 Å². The number of aryl methyl sites for hydroxylation is 1. The third-order valence-corrected chi connectivity index (χ3v) is 5.71. The number of carbonyl (C=O) groups excluding carboxylic acids is 1. The molecule has 0 bridgehead atoms. The maximum absolute atomic E-state index is 13.9. The SMILES string of the molecule is CCCCn1c(-c2cccc3nc(C(F)(F)F)n(CC(C)C)c23)nc2cc(C(=O)OC)ccc21. The van der Waals surface area contributed by atoms with E-state index in [2.05, 4.69) is 11.9 Å². The minimum atomic E-state index is -4.58. The first-order valence-corrected chi connectivity index (χ1v) is 11.3. The van der Waals surface area contributed by atoms with E-state index < -0.39 is 18.0 Å². The topological polar surface area (TPSA) is 61.9 Å². The number of fused-ring (bicyclic) bond motifs is 2. The van der Waals surface area contributed by atoms with Crippen molar-refractivity contribution in [2.24, 2.45) is 5.92 Å². The summed E-state index contributed by atoms with van der Waals surface area (Å²) in [6.45, 7) is 6.63. The minimum absolute atomic E-state index is 0.0203. The molecule has 2 heterocycles. The number of rotatable bonds is 7. The molecule has 0 aliphatic heterocycles. The summed E-state index contributed by atoms with van der Waals surface area (Å²) in [5.41, 5.74) is 3.01. The van der Waals surface area contributed by atoms with Crippen LogP contribution in [0.15, 0.2) is 36.4 Å². The first-order valence-electron chi connectivity index (χ1n) is 11.3. The summed E-state index contributed by atoms with van der Waals surface area (Å²) in [5, 5.41) is 0. The zero-order chi connectivity index (χ0) is 24.6. The number of imidazole rings is 2. The van der Waals surface area contributed by atoms with Crippen LogP contribution in [0.4, 0.5) is 13.2 Å². The molecule has 0 atom stereocenters. The maximum Gasteiger partial charge on any atom is 0.449 e. The molecule has 0 saturated carbocycles. The molecule has 6 nitrogen and oxygen atoms in total. The molecule has 0 N–H and O–H groups in total. The number of ether oxygens (including phenoxy) is 1. The summed E-state index contributed by atoms with van der Waals surface area (Å²) in [4.78, 5) is 20.8. The van der Waals surface area contributed by atoms with Crippen molar-refractivity contribution in [3.63, 3.8) is 0 Å². The number of nitrogens with zero attached hydrogens (tertiary/aromatic N) is 4. The van der Waals surface area contributed by atoms with E-state index in [4.69, 9.17) is 9.72 Å². The van der Waals surface area contributed by atoms with E-state index in [-0.39, 0.29) is 18.0 Å². The van der Waals surface area contributed by atoms with Crippen LogP contribution in [-0.4, -0.2) is 32.2 Å². The fraction of sp³-hybridized carbons (Fsp3) is 0.400. The van der Waals surface area contributed by atoms with Crippen molar-refractivity contribution in [1.82, 2.24) is 19.1 Å². The second kappa shape index (κ2) is 9.12. The van der Waals surface area contributed by atoms with E-state index in [0.29, 0.717) is 34.5 Å².